The molecule has 4 rings (SSSR count). The molecule has 1 aromatic carbocycles. The Balaban J connectivity index is 1.43. The van der Waals surface area contributed by atoms with Gasteiger partial charge in [-0.2, -0.15) is 0 Å². The van der Waals surface area contributed by atoms with Crippen molar-refractivity contribution in [2.75, 3.05) is 30.3 Å². The summed E-state index contributed by atoms with van der Waals surface area (Å²) in [4.78, 5) is 16.3. The number of carbonyl (C=O) groups is 1. The Morgan fingerprint density at radius 1 is 1.04 bits per heavy atom. The molecule has 1 aromatic heterocycles. The third-order valence-electron chi connectivity index (χ3n) is 4.66. The molecule has 0 atom stereocenters. The van der Waals surface area contributed by atoms with Crippen LogP contribution in [0.5, 0.6) is 0 Å². The minimum absolute atomic E-state index is 0.176. The van der Waals surface area contributed by atoms with E-state index in [1.54, 1.807) is 12.1 Å². The minimum atomic E-state index is -0.253. The van der Waals surface area contributed by atoms with E-state index in [1.165, 1.54) is 30.3 Å². The highest BCUT2D eigenvalue weighted by atomic mass is 32.2. The maximum absolute atomic E-state index is 13.1. The van der Waals surface area contributed by atoms with Gasteiger partial charge in [0, 0.05) is 31.9 Å². The first kappa shape index (κ1) is 16.4. The standard InChI is InChI=1S/C17H20FN5OS/c18-13-4-6-14(7-5-13)22-10-11-23-16(22)19-20-17(23)25-12-15(24)21-8-2-1-3-9-21/h4-7H,1-3,8-12H2. The molecule has 0 unspecified atom stereocenters. The summed E-state index contributed by atoms with van der Waals surface area (Å²) in [5.41, 5.74) is 0.897. The molecule has 0 radical (unpaired) electrons. The lowest BCUT2D eigenvalue weighted by molar-refractivity contribution is -0.129. The summed E-state index contributed by atoms with van der Waals surface area (Å²) in [5.74, 6) is 1.07. The second-order valence-corrected chi connectivity index (χ2v) is 7.23. The van der Waals surface area contributed by atoms with Crippen molar-refractivity contribution in [3.63, 3.8) is 0 Å². The molecule has 25 heavy (non-hydrogen) atoms. The van der Waals surface area contributed by atoms with Crippen molar-refractivity contribution >= 4 is 29.3 Å². The van der Waals surface area contributed by atoms with E-state index < -0.39 is 0 Å². The molecule has 132 valence electrons. The summed E-state index contributed by atoms with van der Waals surface area (Å²) in [5, 5.41) is 9.27. The number of likely N-dealkylation sites (tertiary alicyclic amines) is 1. The molecule has 6 nitrogen and oxygen atoms in total. The molecule has 0 spiro atoms. The van der Waals surface area contributed by atoms with Gasteiger partial charge in [0.05, 0.1) is 5.75 Å². The molecule has 8 heteroatoms. The Labute approximate surface area is 150 Å². The van der Waals surface area contributed by atoms with Crippen LogP contribution in [0.4, 0.5) is 16.0 Å². The Morgan fingerprint density at radius 2 is 1.80 bits per heavy atom. The summed E-state index contributed by atoms with van der Waals surface area (Å²) in [6.07, 6.45) is 3.42. The minimum Gasteiger partial charge on any atom is -0.342 e. The van der Waals surface area contributed by atoms with Crippen LogP contribution in [-0.4, -0.2) is 51.0 Å². The fraction of sp³-hybridized carbons (Fsp3) is 0.471. The van der Waals surface area contributed by atoms with Crippen molar-refractivity contribution < 1.29 is 9.18 Å². The zero-order valence-electron chi connectivity index (χ0n) is 13.9. The molecule has 0 aliphatic carbocycles. The smallest absolute Gasteiger partial charge is 0.233 e. The Morgan fingerprint density at radius 3 is 2.56 bits per heavy atom. The summed E-state index contributed by atoms with van der Waals surface area (Å²) >= 11 is 1.45. The average Bonchev–Trinajstić information content (AvgIpc) is 3.23. The normalized spacial score (nSPS) is 17.0. The summed E-state index contributed by atoms with van der Waals surface area (Å²) < 4.78 is 15.1. The second kappa shape index (κ2) is 7.03. The number of thioether (sulfide) groups is 1. The van der Waals surface area contributed by atoms with Gasteiger partial charge in [-0.25, -0.2) is 4.39 Å². The summed E-state index contributed by atoms with van der Waals surface area (Å²) in [6, 6.07) is 6.38. The number of piperidine rings is 1. The zero-order chi connectivity index (χ0) is 17.2. The van der Waals surface area contributed by atoms with Gasteiger partial charge in [-0.05, 0) is 43.5 Å². The molecular formula is C17H20FN5OS. The first-order chi connectivity index (χ1) is 12.2. The Bertz CT molecular complexity index is 757. The molecule has 1 amide bonds. The van der Waals surface area contributed by atoms with E-state index in [1.807, 2.05) is 14.4 Å². The monoisotopic (exact) mass is 361 g/mol. The van der Waals surface area contributed by atoms with Crippen molar-refractivity contribution in [1.29, 1.82) is 0 Å². The molecule has 2 aromatic rings. The SMILES string of the molecule is O=C(CSc1nnc2n1CCN2c1ccc(F)cc1)N1CCCCC1. The van der Waals surface area contributed by atoms with Gasteiger partial charge in [-0.3, -0.25) is 9.36 Å². The molecule has 0 saturated carbocycles. The zero-order valence-corrected chi connectivity index (χ0v) is 14.7. The predicted octanol–water partition coefficient (Wildman–Crippen LogP) is 2.67. The third kappa shape index (κ3) is 3.35. The lowest BCUT2D eigenvalue weighted by atomic mass is 10.1. The number of carbonyl (C=O) groups excluding carboxylic acids is 1. The molecule has 1 saturated heterocycles. The predicted molar refractivity (Wildman–Crippen MR) is 94.6 cm³/mol. The number of hydrogen-bond acceptors (Lipinski definition) is 5. The number of hydrogen-bond donors (Lipinski definition) is 0. The van der Waals surface area contributed by atoms with Crippen LogP contribution in [0.1, 0.15) is 19.3 Å². The maximum Gasteiger partial charge on any atom is 0.233 e. The van der Waals surface area contributed by atoms with E-state index in [0.717, 1.165) is 55.8 Å². The lowest BCUT2D eigenvalue weighted by Crippen LogP contribution is -2.36. The van der Waals surface area contributed by atoms with Crippen LogP contribution in [0.3, 0.4) is 0 Å². The van der Waals surface area contributed by atoms with Crippen LogP contribution in [0.2, 0.25) is 0 Å². The number of amides is 1. The first-order valence-electron chi connectivity index (χ1n) is 8.59. The van der Waals surface area contributed by atoms with Crippen molar-refractivity contribution in [1.82, 2.24) is 19.7 Å². The van der Waals surface area contributed by atoms with Crippen LogP contribution in [0.15, 0.2) is 29.4 Å². The fourth-order valence-electron chi connectivity index (χ4n) is 3.31. The average molecular weight is 361 g/mol. The number of anilines is 2. The molecule has 0 N–H and O–H groups in total. The van der Waals surface area contributed by atoms with Gasteiger partial charge in [0.25, 0.3) is 0 Å². The highest BCUT2D eigenvalue weighted by molar-refractivity contribution is 7.99. The van der Waals surface area contributed by atoms with Gasteiger partial charge < -0.3 is 9.80 Å². The Hall–Kier alpha value is -2.09. The fourth-order valence-corrected chi connectivity index (χ4v) is 4.17. The van der Waals surface area contributed by atoms with Crippen LogP contribution in [-0.2, 0) is 11.3 Å². The number of benzene rings is 1. The summed E-state index contributed by atoms with van der Waals surface area (Å²) in [7, 11) is 0. The quantitative estimate of drug-likeness (QED) is 0.784. The molecule has 2 aliphatic rings. The topological polar surface area (TPSA) is 54.3 Å². The van der Waals surface area contributed by atoms with Gasteiger partial charge in [-0.15, -0.1) is 10.2 Å². The molecule has 1 fully saturated rings. The Kier molecular flexibility index (Phi) is 4.61. The first-order valence-corrected chi connectivity index (χ1v) is 9.58. The van der Waals surface area contributed by atoms with E-state index in [-0.39, 0.29) is 11.7 Å². The molecule has 3 heterocycles. The largest absolute Gasteiger partial charge is 0.342 e. The van der Waals surface area contributed by atoms with E-state index in [2.05, 4.69) is 10.2 Å². The van der Waals surface area contributed by atoms with Crippen molar-refractivity contribution in [3.8, 4) is 0 Å². The van der Waals surface area contributed by atoms with E-state index in [9.17, 15) is 9.18 Å². The lowest BCUT2D eigenvalue weighted by Gasteiger charge is -2.26. The number of halogens is 1. The maximum atomic E-state index is 13.1. The van der Waals surface area contributed by atoms with E-state index in [0.29, 0.717) is 5.75 Å². The van der Waals surface area contributed by atoms with Crippen molar-refractivity contribution in [2.45, 2.75) is 31.0 Å². The van der Waals surface area contributed by atoms with Crippen LogP contribution in [0, 0.1) is 5.82 Å². The van der Waals surface area contributed by atoms with Gasteiger partial charge in [0.2, 0.25) is 11.9 Å². The number of nitrogens with zero attached hydrogens (tertiary/aromatic N) is 5. The number of fused-ring (bicyclic) bond motifs is 1. The van der Waals surface area contributed by atoms with E-state index >= 15 is 0 Å². The van der Waals surface area contributed by atoms with E-state index in [4.69, 9.17) is 0 Å². The highest BCUT2D eigenvalue weighted by Gasteiger charge is 2.27. The van der Waals surface area contributed by atoms with Crippen molar-refractivity contribution in [2.24, 2.45) is 0 Å². The van der Waals surface area contributed by atoms with Crippen LogP contribution in [0.25, 0.3) is 0 Å². The summed E-state index contributed by atoms with van der Waals surface area (Å²) in [6.45, 7) is 3.27. The highest BCUT2D eigenvalue weighted by Crippen LogP contribution is 2.32. The number of rotatable bonds is 4. The molecule has 2 aliphatic heterocycles. The van der Waals surface area contributed by atoms with Gasteiger partial charge in [0.15, 0.2) is 5.16 Å². The molecular weight excluding hydrogens is 341 g/mol. The van der Waals surface area contributed by atoms with Gasteiger partial charge in [-0.1, -0.05) is 11.8 Å². The molecule has 0 bridgehead atoms. The second-order valence-electron chi connectivity index (χ2n) is 6.29. The van der Waals surface area contributed by atoms with Gasteiger partial charge >= 0.3 is 0 Å². The van der Waals surface area contributed by atoms with Gasteiger partial charge in [0.1, 0.15) is 5.82 Å². The number of aromatic nitrogens is 3. The van der Waals surface area contributed by atoms with Crippen LogP contribution >= 0.6 is 11.8 Å². The van der Waals surface area contributed by atoms with Crippen molar-refractivity contribution in [3.05, 3.63) is 30.1 Å². The third-order valence-corrected chi connectivity index (χ3v) is 5.61. The van der Waals surface area contributed by atoms with Crippen LogP contribution < -0.4 is 4.90 Å².